The topological polar surface area (TPSA) is 69.6 Å². The molecule has 2 N–H and O–H groups in total. The fourth-order valence-corrected chi connectivity index (χ4v) is 3.78. The quantitative estimate of drug-likeness (QED) is 0.388. The molecule has 6 nitrogen and oxygen atoms in total. The number of nitrogens with one attached hydrogen (secondary N) is 2. The molecule has 0 spiro atoms. The number of amides is 1. The van der Waals surface area contributed by atoms with Gasteiger partial charge in [0.15, 0.2) is 5.96 Å². The summed E-state index contributed by atoms with van der Waals surface area (Å²) in [4.78, 5) is 22.8. The van der Waals surface area contributed by atoms with Gasteiger partial charge in [-0.1, -0.05) is 13.8 Å². The van der Waals surface area contributed by atoms with Crippen molar-refractivity contribution < 1.29 is 4.79 Å². The largest absolute Gasteiger partial charge is 0.357 e. The van der Waals surface area contributed by atoms with E-state index in [2.05, 4.69) is 39.4 Å². The van der Waals surface area contributed by atoms with Crippen molar-refractivity contribution >= 4 is 53.3 Å². The molecule has 2 rings (SSSR count). The van der Waals surface area contributed by atoms with Gasteiger partial charge in [0.1, 0.15) is 6.54 Å². The highest BCUT2D eigenvalue weighted by Gasteiger charge is 2.24. The number of halogens is 1. The van der Waals surface area contributed by atoms with Crippen LogP contribution in [0.5, 0.6) is 0 Å². The Morgan fingerprint density at radius 2 is 2.32 bits per heavy atom. The van der Waals surface area contributed by atoms with Gasteiger partial charge in [0.05, 0.1) is 11.9 Å². The molecule has 1 aliphatic rings. The monoisotopic (exact) mass is 477 g/mol. The van der Waals surface area contributed by atoms with Gasteiger partial charge in [-0.05, 0) is 25.0 Å². The number of aromatic nitrogens is 1. The first-order chi connectivity index (χ1) is 11.6. The highest BCUT2D eigenvalue weighted by atomic mass is 127. The van der Waals surface area contributed by atoms with E-state index in [1.807, 2.05) is 24.8 Å². The average Bonchev–Trinajstić information content (AvgIpc) is 2.59. The third-order valence-corrected chi connectivity index (χ3v) is 5.33. The molecule has 1 amide bonds. The Labute approximate surface area is 171 Å². The average molecular weight is 477 g/mol. The third-order valence-electron chi connectivity index (χ3n) is 3.79. The molecule has 1 atom stereocenters. The molecule has 0 bridgehead atoms. The van der Waals surface area contributed by atoms with E-state index in [4.69, 9.17) is 0 Å². The van der Waals surface area contributed by atoms with Gasteiger partial charge in [-0.25, -0.2) is 4.99 Å². The first-order valence-electron chi connectivity index (χ1n) is 8.45. The number of aliphatic imine (C=N–C) groups is 1. The summed E-state index contributed by atoms with van der Waals surface area (Å²) >= 11 is 2.03. The van der Waals surface area contributed by atoms with Crippen LogP contribution in [0, 0.1) is 5.92 Å². The lowest BCUT2D eigenvalue weighted by Crippen LogP contribution is -2.49. The Kier molecular flexibility index (Phi) is 10.2. The van der Waals surface area contributed by atoms with Crippen LogP contribution in [0.3, 0.4) is 0 Å². The van der Waals surface area contributed by atoms with Gasteiger partial charge in [0, 0.05) is 36.8 Å². The Morgan fingerprint density at radius 1 is 1.52 bits per heavy atom. The number of rotatable bonds is 5. The number of nitrogens with zero attached hydrogens (tertiary/aromatic N) is 3. The molecule has 1 aromatic heterocycles. The molecule has 25 heavy (non-hydrogen) atoms. The Hall–Kier alpha value is -1.03. The summed E-state index contributed by atoms with van der Waals surface area (Å²) in [6.45, 7) is 9.39. The maximum Gasteiger partial charge on any atom is 0.246 e. The predicted octanol–water partition coefficient (Wildman–Crippen LogP) is 2.68. The zero-order valence-corrected chi connectivity index (χ0v) is 18.2. The Morgan fingerprint density at radius 3 is 2.96 bits per heavy atom. The lowest BCUT2D eigenvalue weighted by Gasteiger charge is -2.36. The maximum absolute atomic E-state index is 12.1. The van der Waals surface area contributed by atoms with Crippen molar-refractivity contribution in [2.45, 2.75) is 26.0 Å². The number of carbonyl (C=O) groups is 1. The summed E-state index contributed by atoms with van der Waals surface area (Å²) in [6, 6.07) is 3.61. The molecule has 0 aromatic carbocycles. The van der Waals surface area contributed by atoms with E-state index in [1.54, 1.807) is 18.5 Å². The van der Waals surface area contributed by atoms with Crippen molar-refractivity contribution in [1.29, 1.82) is 0 Å². The van der Waals surface area contributed by atoms with Crippen molar-refractivity contribution in [3.63, 3.8) is 0 Å². The molecular weight excluding hydrogens is 449 g/mol. The Bertz CT molecular complexity index is 555. The second kappa shape index (κ2) is 11.6. The second-order valence-electron chi connectivity index (χ2n) is 6.06. The molecule has 140 valence electrons. The first kappa shape index (κ1) is 22.0. The van der Waals surface area contributed by atoms with Crippen LogP contribution >= 0.6 is 35.7 Å². The standard InChI is InChI=1S/C17H27N5OS.HI/c1-4-19-17(22-8-9-24-15(12-22)13(2)3)20-11-16(23)21-14-6-5-7-18-10-14;/h5-7,10,13,15H,4,8-9,11-12H2,1-3H3,(H,19,20)(H,21,23);1H. The maximum atomic E-state index is 12.1. The highest BCUT2D eigenvalue weighted by molar-refractivity contribution is 14.0. The minimum Gasteiger partial charge on any atom is -0.357 e. The van der Waals surface area contributed by atoms with E-state index in [1.165, 1.54) is 0 Å². The van der Waals surface area contributed by atoms with Crippen molar-refractivity contribution in [3.05, 3.63) is 24.5 Å². The summed E-state index contributed by atoms with van der Waals surface area (Å²) in [5, 5.41) is 6.72. The SMILES string of the molecule is CCNC(=NCC(=O)Nc1cccnc1)N1CCSC(C(C)C)C1.I. The van der Waals surface area contributed by atoms with Crippen LogP contribution in [0.25, 0.3) is 0 Å². The molecule has 2 heterocycles. The molecule has 8 heteroatoms. The van der Waals surface area contributed by atoms with Crippen LogP contribution in [0.2, 0.25) is 0 Å². The van der Waals surface area contributed by atoms with Gasteiger partial charge < -0.3 is 15.5 Å². The van der Waals surface area contributed by atoms with Crippen LogP contribution in [-0.4, -0.2) is 58.9 Å². The number of carbonyl (C=O) groups excluding carboxylic acids is 1. The summed E-state index contributed by atoms with van der Waals surface area (Å²) in [6.07, 6.45) is 3.30. The van der Waals surface area contributed by atoms with Gasteiger partial charge >= 0.3 is 0 Å². The van der Waals surface area contributed by atoms with E-state index in [0.717, 1.165) is 31.3 Å². The minimum atomic E-state index is -0.134. The lowest BCUT2D eigenvalue weighted by atomic mass is 10.1. The third kappa shape index (κ3) is 7.39. The molecule has 0 radical (unpaired) electrons. The number of guanidine groups is 1. The molecule has 1 unspecified atom stereocenters. The van der Waals surface area contributed by atoms with E-state index < -0.39 is 0 Å². The molecule has 1 fully saturated rings. The van der Waals surface area contributed by atoms with Crippen molar-refractivity contribution in [1.82, 2.24) is 15.2 Å². The molecule has 0 saturated carbocycles. The summed E-state index contributed by atoms with van der Waals surface area (Å²) in [5.74, 6) is 2.42. The van der Waals surface area contributed by atoms with E-state index in [9.17, 15) is 4.79 Å². The Balaban J connectivity index is 0.00000312. The summed E-state index contributed by atoms with van der Waals surface area (Å²) in [5.41, 5.74) is 0.692. The van der Waals surface area contributed by atoms with Crippen LogP contribution in [-0.2, 0) is 4.79 Å². The zero-order chi connectivity index (χ0) is 17.4. The fraction of sp³-hybridized carbons (Fsp3) is 0.588. The molecule has 1 saturated heterocycles. The van der Waals surface area contributed by atoms with Gasteiger partial charge in [-0.2, -0.15) is 11.8 Å². The van der Waals surface area contributed by atoms with E-state index >= 15 is 0 Å². The van der Waals surface area contributed by atoms with Gasteiger partial charge in [-0.3, -0.25) is 9.78 Å². The summed E-state index contributed by atoms with van der Waals surface area (Å²) in [7, 11) is 0. The molecule has 1 aromatic rings. The first-order valence-corrected chi connectivity index (χ1v) is 9.49. The number of hydrogen-bond acceptors (Lipinski definition) is 4. The lowest BCUT2D eigenvalue weighted by molar-refractivity contribution is -0.114. The molecule has 0 aliphatic carbocycles. The number of hydrogen-bond donors (Lipinski definition) is 2. The smallest absolute Gasteiger partial charge is 0.246 e. The predicted molar refractivity (Wildman–Crippen MR) is 117 cm³/mol. The fourth-order valence-electron chi connectivity index (χ4n) is 2.48. The molecular formula is C17H28IN5OS. The normalized spacial score (nSPS) is 17.8. The van der Waals surface area contributed by atoms with Gasteiger partial charge in [0.2, 0.25) is 5.91 Å². The van der Waals surface area contributed by atoms with Crippen molar-refractivity contribution in [2.75, 3.05) is 37.2 Å². The van der Waals surface area contributed by atoms with Crippen LogP contribution in [0.4, 0.5) is 5.69 Å². The highest BCUT2D eigenvalue weighted by Crippen LogP contribution is 2.24. The summed E-state index contributed by atoms with van der Waals surface area (Å²) < 4.78 is 0. The van der Waals surface area contributed by atoms with Gasteiger partial charge in [-0.15, -0.1) is 24.0 Å². The minimum absolute atomic E-state index is 0. The van der Waals surface area contributed by atoms with Crippen LogP contribution in [0.1, 0.15) is 20.8 Å². The number of anilines is 1. The van der Waals surface area contributed by atoms with E-state index in [-0.39, 0.29) is 36.4 Å². The van der Waals surface area contributed by atoms with Crippen molar-refractivity contribution in [3.8, 4) is 0 Å². The van der Waals surface area contributed by atoms with Crippen molar-refractivity contribution in [2.24, 2.45) is 10.9 Å². The molecule has 1 aliphatic heterocycles. The second-order valence-corrected chi connectivity index (χ2v) is 7.41. The zero-order valence-electron chi connectivity index (χ0n) is 15.1. The van der Waals surface area contributed by atoms with Crippen LogP contribution in [0.15, 0.2) is 29.5 Å². The van der Waals surface area contributed by atoms with Gasteiger partial charge in [0.25, 0.3) is 0 Å². The van der Waals surface area contributed by atoms with Crippen LogP contribution < -0.4 is 10.6 Å². The number of thioether (sulfide) groups is 1. The number of pyridine rings is 1. The van der Waals surface area contributed by atoms with E-state index in [0.29, 0.717) is 16.9 Å².